The lowest BCUT2D eigenvalue weighted by atomic mass is 9.72. The van der Waals surface area contributed by atoms with Crippen LogP contribution in [0.4, 0.5) is 0 Å². The first-order valence-electron chi connectivity index (χ1n) is 5.46. The Kier molecular flexibility index (Phi) is 2.14. The second-order valence-corrected chi connectivity index (χ2v) is 5.44. The molecule has 2 aliphatic heterocycles. The van der Waals surface area contributed by atoms with Crippen LogP contribution in [0, 0.1) is 11.3 Å². The molecule has 0 aromatic carbocycles. The van der Waals surface area contributed by atoms with Crippen LogP contribution in [0.5, 0.6) is 0 Å². The Balaban J connectivity index is 2.26. The van der Waals surface area contributed by atoms with Gasteiger partial charge in [-0.2, -0.15) is 0 Å². The first-order valence-corrected chi connectivity index (χ1v) is 5.46. The average molecular weight is 213 g/mol. The van der Waals surface area contributed by atoms with Crippen LogP contribution in [0.25, 0.3) is 0 Å². The molecule has 0 amide bonds. The molecule has 2 heterocycles. The van der Waals surface area contributed by atoms with Crippen molar-refractivity contribution in [2.24, 2.45) is 11.3 Å². The van der Waals surface area contributed by atoms with Crippen molar-refractivity contribution in [1.29, 1.82) is 0 Å². The zero-order valence-corrected chi connectivity index (χ0v) is 10.0. The molecule has 1 unspecified atom stereocenters. The van der Waals surface area contributed by atoms with Gasteiger partial charge in [-0.3, -0.25) is 9.63 Å². The standard InChI is InChI=1S/C11H19NO3/c1-6-14-8(13)7-10(2,3)9-12(15-9)11(7,4)5/h7,9H,6H2,1-5H3/t7-,9-,12?/m0/s1. The third kappa shape index (κ3) is 1.31. The summed E-state index contributed by atoms with van der Waals surface area (Å²) in [7, 11) is 0. The van der Waals surface area contributed by atoms with Crippen LogP contribution in [-0.4, -0.2) is 29.4 Å². The fraction of sp³-hybridized carbons (Fsp3) is 0.909. The summed E-state index contributed by atoms with van der Waals surface area (Å²) in [6, 6.07) is 0. The summed E-state index contributed by atoms with van der Waals surface area (Å²) < 4.78 is 5.14. The van der Waals surface area contributed by atoms with E-state index in [-0.39, 0.29) is 29.1 Å². The normalized spacial score (nSPS) is 39.7. The molecule has 15 heavy (non-hydrogen) atoms. The zero-order valence-electron chi connectivity index (χ0n) is 10.0. The van der Waals surface area contributed by atoms with Crippen molar-refractivity contribution < 1.29 is 14.4 Å². The smallest absolute Gasteiger partial charge is 0.311 e. The first-order chi connectivity index (χ1) is 6.83. The number of nitrogens with zero attached hydrogens (tertiary/aromatic N) is 1. The van der Waals surface area contributed by atoms with Crippen LogP contribution in [0.3, 0.4) is 0 Å². The lowest BCUT2D eigenvalue weighted by Crippen LogP contribution is -2.46. The summed E-state index contributed by atoms with van der Waals surface area (Å²) in [6.45, 7) is 10.5. The van der Waals surface area contributed by atoms with E-state index in [1.165, 1.54) is 0 Å². The highest BCUT2D eigenvalue weighted by Crippen LogP contribution is 2.59. The van der Waals surface area contributed by atoms with Gasteiger partial charge in [0, 0.05) is 5.41 Å². The van der Waals surface area contributed by atoms with Crippen molar-refractivity contribution in [2.75, 3.05) is 6.61 Å². The van der Waals surface area contributed by atoms with Gasteiger partial charge in [-0.1, -0.05) is 13.8 Å². The fourth-order valence-corrected chi connectivity index (χ4v) is 2.95. The second kappa shape index (κ2) is 2.95. The summed E-state index contributed by atoms with van der Waals surface area (Å²) in [4.78, 5) is 17.4. The Bertz CT molecular complexity index is 278. The van der Waals surface area contributed by atoms with Gasteiger partial charge in [-0.15, -0.1) is 5.06 Å². The summed E-state index contributed by atoms with van der Waals surface area (Å²) in [5, 5.41) is 1.91. The van der Waals surface area contributed by atoms with Gasteiger partial charge in [0.1, 0.15) is 0 Å². The minimum Gasteiger partial charge on any atom is -0.466 e. The number of carbonyl (C=O) groups is 1. The molecule has 2 saturated heterocycles. The predicted molar refractivity (Wildman–Crippen MR) is 54.7 cm³/mol. The molecule has 86 valence electrons. The monoisotopic (exact) mass is 213 g/mol. The van der Waals surface area contributed by atoms with Gasteiger partial charge < -0.3 is 4.74 Å². The molecular formula is C11H19NO3. The molecule has 0 N–H and O–H groups in total. The van der Waals surface area contributed by atoms with Crippen molar-refractivity contribution in [3.8, 4) is 0 Å². The lowest BCUT2D eigenvalue weighted by Gasteiger charge is -2.34. The van der Waals surface area contributed by atoms with Crippen LogP contribution >= 0.6 is 0 Å². The van der Waals surface area contributed by atoms with Gasteiger partial charge in [0.05, 0.1) is 18.1 Å². The van der Waals surface area contributed by atoms with E-state index >= 15 is 0 Å². The van der Waals surface area contributed by atoms with Crippen molar-refractivity contribution in [1.82, 2.24) is 5.06 Å². The number of hydrogen-bond acceptors (Lipinski definition) is 4. The Labute approximate surface area is 90.5 Å². The number of carbonyl (C=O) groups excluding carboxylic acids is 1. The minimum absolute atomic E-state index is 0.0712. The van der Waals surface area contributed by atoms with E-state index < -0.39 is 0 Å². The van der Waals surface area contributed by atoms with Gasteiger partial charge in [0.15, 0.2) is 6.23 Å². The number of hydrogen-bond donors (Lipinski definition) is 0. The molecule has 0 radical (unpaired) electrons. The topological polar surface area (TPSA) is 41.8 Å². The van der Waals surface area contributed by atoms with E-state index in [4.69, 9.17) is 9.57 Å². The highest BCUT2D eigenvalue weighted by Gasteiger charge is 2.71. The molecule has 0 aliphatic carbocycles. The minimum atomic E-state index is -0.263. The largest absolute Gasteiger partial charge is 0.466 e. The predicted octanol–water partition coefficient (Wildman–Crippen LogP) is 1.56. The lowest BCUT2D eigenvalue weighted by molar-refractivity contribution is -0.159. The molecule has 4 nitrogen and oxygen atoms in total. The maximum atomic E-state index is 11.9. The number of fused-ring (bicyclic) bond motifs is 1. The molecule has 0 saturated carbocycles. The van der Waals surface area contributed by atoms with E-state index in [1.807, 2.05) is 25.8 Å². The Morgan fingerprint density at radius 1 is 1.40 bits per heavy atom. The SMILES string of the molecule is CCOC(=O)[C@H]1C(C)(C)[C@@H]2ON2C1(C)C. The molecule has 0 aromatic heterocycles. The number of ether oxygens (including phenoxy) is 1. The van der Waals surface area contributed by atoms with Gasteiger partial charge in [0.25, 0.3) is 0 Å². The molecule has 2 aliphatic rings. The first kappa shape index (κ1) is 10.9. The van der Waals surface area contributed by atoms with Gasteiger partial charge in [-0.05, 0) is 20.8 Å². The molecular weight excluding hydrogens is 194 g/mol. The highest BCUT2D eigenvalue weighted by atomic mass is 16.8. The third-order valence-corrected chi connectivity index (χ3v) is 3.56. The fourth-order valence-electron chi connectivity index (χ4n) is 2.95. The second-order valence-electron chi connectivity index (χ2n) is 5.44. The Morgan fingerprint density at radius 2 is 2.00 bits per heavy atom. The van der Waals surface area contributed by atoms with Crippen LogP contribution in [0.15, 0.2) is 0 Å². The molecule has 0 bridgehead atoms. The molecule has 2 rings (SSSR count). The van der Waals surface area contributed by atoms with Crippen LogP contribution in [0.1, 0.15) is 34.6 Å². The van der Waals surface area contributed by atoms with Crippen molar-refractivity contribution >= 4 is 5.97 Å². The van der Waals surface area contributed by atoms with Gasteiger partial charge >= 0.3 is 5.97 Å². The summed E-state index contributed by atoms with van der Waals surface area (Å²) in [6.07, 6.45) is 0.0712. The van der Waals surface area contributed by atoms with E-state index in [0.29, 0.717) is 6.61 Å². The zero-order chi connectivity index (χ0) is 11.4. The number of rotatable bonds is 2. The van der Waals surface area contributed by atoms with Gasteiger partial charge in [0.2, 0.25) is 0 Å². The molecule has 2 fully saturated rings. The van der Waals surface area contributed by atoms with E-state index in [2.05, 4.69) is 13.8 Å². The number of hydroxylamine groups is 2. The maximum absolute atomic E-state index is 11.9. The Hall–Kier alpha value is -0.610. The van der Waals surface area contributed by atoms with Crippen molar-refractivity contribution in [2.45, 2.75) is 46.4 Å². The van der Waals surface area contributed by atoms with E-state index in [0.717, 1.165) is 0 Å². The van der Waals surface area contributed by atoms with Crippen LogP contribution in [0.2, 0.25) is 0 Å². The van der Waals surface area contributed by atoms with Gasteiger partial charge in [-0.25, -0.2) is 0 Å². The van der Waals surface area contributed by atoms with Crippen molar-refractivity contribution in [3.05, 3.63) is 0 Å². The quantitative estimate of drug-likeness (QED) is 0.515. The van der Waals surface area contributed by atoms with Crippen molar-refractivity contribution in [3.63, 3.8) is 0 Å². The molecule has 0 spiro atoms. The summed E-state index contributed by atoms with van der Waals surface area (Å²) in [5.74, 6) is -0.230. The van der Waals surface area contributed by atoms with Crippen LogP contribution < -0.4 is 0 Å². The van der Waals surface area contributed by atoms with E-state index in [1.54, 1.807) is 0 Å². The summed E-state index contributed by atoms with van der Waals surface area (Å²) in [5.41, 5.74) is -0.434. The molecule has 3 atom stereocenters. The third-order valence-electron chi connectivity index (χ3n) is 3.56. The average Bonchev–Trinajstić information content (AvgIpc) is 2.77. The number of esters is 1. The molecule has 0 aromatic rings. The maximum Gasteiger partial charge on any atom is 0.311 e. The molecule has 4 heteroatoms. The highest BCUT2D eigenvalue weighted by molar-refractivity contribution is 5.76. The van der Waals surface area contributed by atoms with Crippen LogP contribution in [-0.2, 0) is 14.4 Å². The summed E-state index contributed by atoms with van der Waals surface area (Å²) >= 11 is 0. The van der Waals surface area contributed by atoms with E-state index in [9.17, 15) is 4.79 Å². The Morgan fingerprint density at radius 3 is 2.40 bits per heavy atom.